The summed E-state index contributed by atoms with van der Waals surface area (Å²) in [7, 11) is -3.38. The van der Waals surface area contributed by atoms with Crippen molar-refractivity contribution in [2.75, 3.05) is 6.26 Å². The number of aliphatic hydroxyl groups excluding tert-OH is 1. The van der Waals surface area contributed by atoms with Crippen LogP contribution in [-0.2, 0) is 9.84 Å². The topological polar surface area (TPSA) is 80.4 Å². The second kappa shape index (κ2) is 8.42. The summed E-state index contributed by atoms with van der Waals surface area (Å²) in [5, 5.41) is 11.2. The van der Waals surface area contributed by atoms with Crippen LogP contribution < -0.4 is 5.73 Å². The molecule has 2 atom stereocenters. The first-order valence-electron chi connectivity index (χ1n) is 8.56. The van der Waals surface area contributed by atoms with Gasteiger partial charge in [0, 0.05) is 11.8 Å². The minimum atomic E-state index is -3.38. The first-order valence-corrected chi connectivity index (χ1v) is 11.2. The molecule has 0 aliphatic heterocycles. The fourth-order valence-electron chi connectivity index (χ4n) is 2.95. The van der Waals surface area contributed by atoms with Crippen LogP contribution in [0.25, 0.3) is 11.1 Å². The molecule has 0 saturated carbocycles. The van der Waals surface area contributed by atoms with E-state index in [-0.39, 0.29) is 15.5 Å². The van der Waals surface area contributed by atoms with Crippen molar-refractivity contribution in [1.29, 1.82) is 0 Å². The number of halogens is 3. The number of nitrogens with two attached hydrogens (primary N) is 1. The Hall–Kier alpha value is -1.96. The fourth-order valence-corrected chi connectivity index (χ4v) is 3.92. The predicted octanol–water partition coefficient (Wildman–Crippen LogP) is 4.94. The number of rotatable bonds is 5. The molecule has 8 heteroatoms. The monoisotopic (exact) mass is 453 g/mol. The van der Waals surface area contributed by atoms with Gasteiger partial charge in [-0.25, -0.2) is 12.8 Å². The van der Waals surface area contributed by atoms with Crippen molar-refractivity contribution in [1.82, 2.24) is 0 Å². The Kier molecular flexibility index (Phi) is 6.31. The third-order valence-electron chi connectivity index (χ3n) is 4.58. The normalized spacial score (nSPS) is 13.9. The molecule has 3 N–H and O–H groups in total. The largest absolute Gasteiger partial charge is 0.386 e. The summed E-state index contributed by atoms with van der Waals surface area (Å²) in [5.41, 5.74) is 7.64. The van der Waals surface area contributed by atoms with Crippen LogP contribution in [0.2, 0.25) is 10.0 Å². The minimum Gasteiger partial charge on any atom is -0.386 e. The van der Waals surface area contributed by atoms with Crippen molar-refractivity contribution in [2.24, 2.45) is 5.73 Å². The van der Waals surface area contributed by atoms with Gasteiger partial charge in [0.2, 0.25) is 0 Å². The molecule has 152 valence electrons. The van der Waals surface area contributed by atoms with Gasteiger partial charge in [0.25, 0.3) is 0 Å². The maximum atomic E-state index is 14.8. The lowest BCUT2D eigenvalue weighted by Crippen LogP contribution is -2.20. The van der Waals surface area contributed by atoms with E-state index in [1.807, 2.05) is 0 Å². The van der Waals surface area contributed by atoms with Crippen LogP contribution in [0.3, 0.4) is 0 Å². The molecule has 29 heavy (non-hydrogen) atoms. The molecule has 0 fully saturated rings. The molecule has 0 aromatic heterocycles. The van der Waals surface area contributed by atoms with Gasteiger partial charge in [-0.3, -0.25) is 0 Å². The van der Waals surface area contributed by atoms with Gasteiger partial charge in [-0.1, -0.05) is 53.5 Å². The zero-order valence-electron chi connectivity index (χ0n) is 15.3. The molecule has 2 unspecified atom stereocenters. The van der Waals surface area contributed by atoms with Crippen molar-refractivity contribution in [2.45, 2.75) is 17.0 Å². The predicted molar refractivity (Wildman–Crippen MR) is 113 cm³/mol. The summed E-state index contributed by atoms with van der Waals surface area (Å²) >= 11 is 11.9. The van der Waals surface area contributed by atoms with Gasteiger partial charge in [0.05, 0.1) is 21.0 Å². The molecule has 0 heterocycles. The first-order chi connectivity index (χ1) is 13.6. The van der Waals surface area contributed by atoms with Crippen LogP contribution >= 0.6 is 23.2 Å². The van der Waals surface area contributed by atoms with E-state index >= 15 is 0 Å². The lowest BCUT2D eigenvalue weighted by atomic mass is 9.94. The zero-order chi connectivity index (χ0) is 21.3. The Morgan fingerprint density at radius 3 is 2.28 bits per heavy atom. The van der Waals surface area contributed by atoms with Crippen LogP contribution in [-0.4, -0.2) is 19.8 Å². The van der Waals surface area contributed by atoms with Gasteiger partial charge in [0.15, 0.2) is 9.84 Å². The average Bonchev–Trinajstić information content (AvgIpc) is 2.68. The maximum Gasteiger partial charge on any atom is 0.175 e. The Morgan fingerprint density at radius 2 is 1.66 bits per heavy atom. The second-order valence-corrected chi connectivity index (χ2v) is 9.51. The molecule has 0 radical (unpaired) electrons. The number of sulfone groups is 1. The quantitative estimate of drug-likeness (QED) is 0.573. The molecule has 0 bridgehead atoms. The third-order valence-corrected chi connectivity index (χ3v) is 6.43. The zero-order valence-corrected chi connectivity index (χ0v) is 17.6. The summed E-state index contributed by atoms with van der Waals surface area (Å²) < 4.78 is 38.2. The number of hydrogen-bond acceptors (Lipinski definition) is 4. The smallest absolute Gasteiger partial charge is 0.175 e. The van der Waals surface area contributed by atoms with Gasteiger partial charge >= 0.3 is 0 Å². The highest BCUT2D eigenvalue weighted by Gasteiger charge is 2.23. The molecular formula is C21H18Cl2FNO3S. The lowest BCUT2D eigenvalue weighted by molar-refractivity contribution is 0.142. The molecule has 0 aliphatic carbocycles. The highest BCUT2D eigenvalue weighted by Crippen LogP contribution is 2.33. The lowest BCUT2D eigenvalue weighted by Gasteiger charge is -2.21. The fraction of sp³-hybridized carbons (Fsp3) is 0.143. The van der Waals surface area contributed by atoms with Gasteiger partial charge in [-0.05, 0) is 47.0 Å². The van der Waals surface area contributed by atoms with Gasteiger partial charge in [0.1, 0.15) is 11.9 Å². The molecule has 3 rings (SSSR count). The number of aliphatic hydroxyl groups is 1. The minimum absolute atomic E-state index is 0.0200. The summed E-state index contributed by atoms with van der Waals surface area (Å²) in [6.45, 7) is 0. The van der Waals surface area contributed by atoms with E-state index < -0.39 is 27.8 Å². The van der Waals surface area contributed by atoms with Gasteiger partial charge in [-0.15, -0.1) is 0 Å². The highest BCUT2D eigenvalue weighted by molar-refractivity contribution is 7.90. The number of hydrogen-bond donors (Lipinski definition) is 2. The highest BCUT2D eigenvalue weighted by atomic mass is 35.5. The van der Waals surface area contributed by atoms with Crippen molar-refractivity contribution in [3.63, 3.8) is 0 Å². The van der Waals surface area contributed by atoms with E-state index in [0.29, 0.717) is 21.7 Å². The van der Waals surface area contributed by atoms with Crippen LogP contribution in [0.15, 0.2) is 65.6 Å². The Labute approximate surface area is 178 Å². The summed E-state index contributed by atoms with van der Waals surface area (Å²) in [6.07, 6.45) is -0.208. The molecule has 0 spiro atoms. The average molecular weight is 454 g/mol. The van der Waals surface area contributed by atoms with Gasteiger partial charge in [-0.2, -0.15) is 0 Å². The van der Waals surface area contributed by atoms with Crippen LogP contribution in [0.1, 0.15) is 23.3 Å². The van der Waals surface area contributed by atoms with Gasteiger partial charge < -0.3 is 10.8 Å². The van der Waals surface area contributed by atoms with Crippen molar-refractivity contribution in [3.8, 4) is 11.1 Å². The van der Waals surface area contributed by atoms with E-state index in [1.165, 1.54) is 30.3 Å². The van der Waals surface area contributed by atoms with Crippen molar-refractivity contribution in [3.05, 3.63) is 87.7 Å². The third kappa shape index (κ3) is 4.79. The van der Waals surface area contributed by atoms with E-state index in [0.717, 1.165) is 6.26 Å². The molecular weight excluding hydrogens is 436 g/mol. The molecule has 3 aromatic rings. The molecule has 0 aliphatic rings. The van der Waals surface area contributed by atoms with Crippen LogP contribution in [0, 0.1) is 5.82 Å². The standard InChI is InChI=1S/C21H18Cl2FNO3S/c1-29(27,28)15-4-2-3-12(9-15)13-5-7-16(19(24)11-13)21(26)20(25)14-6-8-17(22)18(23)10-14/h2-11,20-21,26H,25H2,1H3. The Bertz CT molecular complexity index is 1170. The summed E-state index contributed by atoms with van der Waals surface area (Å²) in [4.78, 5) is 0.140. The van der Waals surface area contributed by atoms with E-state index in [9.17, 15) is 17.9 Å². The SMILES string of the molecule is CS(=O)(=O)c1cccc(-c2ccc(C(O)C(N)c3ccc(Cl)c(Cl)c3)c(F)c2)c1. The summed E-state index contributed by atoms with van der Waals surface area (Å²) in [5.74, 6) is -0.657. The van der Waals surface area contributed by atoms with Crippen molar-refractivity contribution < 1.29 is 17.9 Å². The molecule has 3 aromatic carbocycles. The molecule has 0 amide bonds. The Balaban J connectivity index is 1.92. The number of benzene rings is 3. The van der Waals surface area contributed by atoms with E-state index in [2.05, 4.69) is 0 Å². The molecule has 0 saturated heterocycles. The Morgan fingerprint density at radius 1 is 0.966 bits per heavy atom. The summed E-state index contributed by atoms with van der Waals surface area (Å²) in [6, 6.07) is 14.3. The van der Waals surface area contributed by atoms with Crippen molar-refractivity contribution >= 4 is 33.0 Å². The maximum absolute atomic E-state index is 14.8. The van der Waals surface area contributed by atoms with E-state index in [1.54, 1.807) is 30.3 Å². The van der Waals surface area contributed by atoms with Crippen LogP contribution in [0.5, 0.6) is 0 Å². The second-order valence-electron chi connectivity index (χ2n) is 6.68. The molecule has 4 nitrogen and oxygen atoms in total. The first kappa shape index (κ1) is 21.7. The van der Waals surface area contributed by atoms with Crippen LogP contribution in [0.4, 0.5) is 4.39 Å². The van der Waals surface area contributed by atoms with E-state index in [4.69, 9.17) is 28.9 Å².